The Morgan fingerprint density at radius 3 is 2.80 bits per heavy atom. The highest BCUT2D eigenvalue weighted by Crippen LogP contribution is 1.93. The zero-order chi connectivity index (χ0) is 7.66. The van der Waals surface area contributed by atoms with Gasteiger partial charge in [-0.1, -0.05) is 17.3 Å². The van der Waals surface area contributed by atoms with Crippen LogP contribution in [0.1, 0.15) is 26.2 Å². The summed E-state index contributed by atoms with van der Waals surface area (Å²) < 4.78 is 0. The van der Waals surface area contributed by atoms with E-state index in [4.69, 9.17) is 0 Å². The van der Waals surface area contributed by atoms with Gasteiger partial charge < -0.3 is 4.84 Å². The zero-order valence-corrected chi connectivity index (χ0v) is 6.71. The molecule has 0 saturated carbocycles. The lowest BCUT2D eigenvalue weighted by molar-refractivity contribution is 0.214. The Bertz CT molecular complexity index is 108. The second kappa shape index (κ2) is 8.21. The standard InChI is InChI=1S/C8H15NO/c1-3-4-5-6-7-8-9-10-2/h3-4,8H,5-7H2,1-2H3/b4-3+,9-8+. The van der Waals surface area contributed by atoms with E-state index >= 15 is 0 Å². The van der Waals surface area contributed by atoms with E-state index in [2.05, 4.69) is 22.1 Å². The molecule has 0 fully saturated rings. The highest BCUT2D eigenvalue weighted by molar-refractivity contribution is 5.56. The van der Waals surface area contributed by atoms with Gasteiger partial charge in [-0.15, -0.1) is 0 Å². The van der Waals surface area contributed by atoms with Crippen LogP contribution in [0.15, 0.2) is 17.3 Å². The number of hydrogen-bond acceptors (Lipinski definition) is 2. The number of rotatable bonds is 5. The zero-order valence-electron chi connectivity index (χ0n) is 6.71. The lowest BCUT2D eigenvalue weighted by atomic mass is 10.2. The molecular formula is C8H15NO. The fourth-order valence-electron chi connectivity index (χ4n) is 0.621. The third kappa shape index (κ3) is 7.21. The van der Waals surface area contributed by atoms with E-state index in [1.165, 1.54) is 0 Å². The van der Waals surface area contributed by atoms with Crippen LogP contribution in [0.4, 0.5) is 0 Å². The Morgan fingerprint density at radius 1 is 1.40 bits per heavy atom. The summed E-state index contributed by atoms with van der Waals surface area (Å²) in [5.41, 5.74) is 0. The Hall–Kier alpha value is -0.790. The summed E-state index contributed by atoms with van der Waals surface area (Å²) in [4.78, 5) is 4.50. The van der Waals surface area contributed by atoms with Gasteiger partial charge in [0.1, 0.15) is 7.11 Å². The molecule has 0 bridgehead atoms. The molecule has 2 heteroatoms. The predicted octanol–water partition coefficient (Wildman–Crippen LogP) is 2.37. The third-order valence-electron chi connectivity index (χ3n) is 1.12. The molecule has 0 aliphatic heterocycles. The van der Waals surface area contributed by atoms with Gasteiger partial charge in [0.05, 0.1) is 0 Å². The molecule has 0 aromatic carbocycles. The SMILES string of the molecule is C/C=C/CCC/C=N/OC. The molecular weight excluding hydrogens is 126 g/mol. The van der Waals surface area contributed by atoms with Crippen LogP contribution < -0.4 is 0 Å². The lowest BCUT2D eigenvalue weighted by Gasteiger charge is -1.88. The molecule has 0 aliphatic carbocycles. The Morgan fingerprint density at radius 2 is 2.20 bits per heavy atom. The average molecular weight is 141 g/mol. The molecule has 0 saturated heterocycles. The van der Waals surface area contributed by atoms with Gasteiger partial charge in [-0.05, 0) is 26.2 Å². The molecule has 58 valence electrons. The van der Waals surface area contributed by atoms with Gasteiger partial charge in [-0.3, -0.25) is 0 Å². The Balaban J connectivity index is 2.97. The van der Waals surface area contributed by atoms with Crippen LogP contribution >= 0.6 is 0 Å². The van der Waals surface area contributed by atoms with Gasteiger partial charge in [0.25, 0.3) is 0 Å². The molecule has 0 radical (unpaired) electrons. The van der Waals surface area contributed by atoms with Gasteiger partial charge in [-0.25, -0.2) is 0 Å². The molecule has 0 aliphatic rings. The molecule has 0 atom stereocenters. The molecule has 0 aromatic heterocycles. The number of hydrogen-bond donors (Lipinski definition) is 0. The minimum Gasteiger partial charge on any atom is -0.399 e. The topological polar surface area (TPSA) is 21.6 Å². The van der Waals surface area contributed by atoms with Crippen molar-refractivity contribution in [3.05, 3.63) is 12.2 Å². The van der Waals surface area contributed by atoms with E-state index in [0.29, 0.717) is 0 Å². The van der Waals surface area contributed by atoms with Crippen molar-refractivity contribution in [2.45, 2.75) is 26.2 Å². The summed E-state index contributed by atoms with van der Waals surface area (Å²) >= 11 is 0. The second-order valence-corrected chi connectivity index (χ2v) is 1.97. The van der Waals surface area contributed by atoms with Crippen LogP contribution in [0.2, 0.25) is 0 Å². The summed E-state index contributed by atoms with van der Waals surface area (Å²) in [5, 5.41) is 3.62. The summed E-state index contributed by atoms with van der Waals surface area (Å²) in [6, 6.07) is 0. The molecule has 0 amide bonds. The van der Waals surface area contributed by atoms with Crippen LogP contribution in [0, 0.1) is 0 Å². The molecule has 2 nitrogen and oxygen atoms in total. The van der Waals surface area contributed by atoms with Crippen LogP contribution in [-0.2, 0) is 4.84 Å². The summed E-state index contributed by atoms with van der Waals surface area (Å²) in [7, 11) is 1.56. The summed E-state index contributed by atoms with van der Waals surface area (Å²) in [6.45, 7) is 2.03. The predicted molar refractivity (Wildman–Crippen MR) is 44.2 cm³/mol. The minimum absolute atomic E-state index is 0.998. The van der Waals surface area contributed by atoms with Crippen molar-refractivity contribution in [2.75, 3.05) is 7.11 Å². The van der Waals surface area contributed by atoms with Crippen molar-refractivity contribution in [1.82, 2.24) is 0 Å². The van der Waals surface area contributed by atoms with Crippen molar-refractivity contribution in [3.63, 3.8) is 0 Å². The van der Waals surface area contributed by atoms with E-state index in [1.54, 1.807) is 13.3 Å². The first kappa shape index (κ1) is 9.21. The highest BCUT2D eigenvalue weighted by atomic mass is 16.6. The smallest absolute Gasteiger partial charge is 0.106 e. The van der Waals surface area contributed by atoms with Crippen LogP contribution in [-0.4, -0.2) is 13.3 Å². The average Bonchev–Trinajstić information content (AvgIpc) is 1.97. The first-order chi connectivity index (χ1) is 4.91. The maximum Gasteiger partial charge on any atom is 0.106 e. The van der Waals surface area contributed by atoms with Gasteiger partial charge in [0.15, 0.2) is 0 Å². The van der Waals surface area contributed by atoms with Gasteiger partial charge in [0.2, 0.25) is 0 Å². The van der Waals surface area contributed by atoms with Crippen molar-refractivity contribution in [3.8, 4) is 0 Å². The fraction of sp³-hybridized carbons (Fsp3) is 0.625. The Kier molecular flexibility index (Phi) is 7.56. The molecule has 0 heterocycles. The molecule has 10 heavy (non-hydrogen) atoms. The fourth-order valence-corrected chi connectivity index (χ4v) is 0.621. The van der Waals surface area contributed by atoms with Crippen LogP contribution in [0.5, 0.6) is 0 Å². The lowest BCUT2D eigenvalue weighted by Crippen LogP contribution is -1.76. The number of unbranched alkanes of at least 4 members (excludes halogenated alkanes) is 2. The third-order valence-corrected chi connectivity index (χ3v) is 1.12. The molecule has 0 rings (SSSR count). The number of nitrogens with zero attached hydrogens (tertiary/aromatic N) is 1. The first-order valence-corrected chi connectivity index (χ1v) is 3.58. The highest BCUT2D eigenvalue weighted by Gasteiger charge is 1.79. The monoisotopic (exact) mass is 141 g/mol. The summed E-state index contributed by atoms with van der Waals surface area (Å²) in [6.07, 6.45) is 9.29. The van der Waals surface area contributed by atoms with Gasteiger partial charge in [-0.2, -0.15) is 0 Å². The van der Waals surface area contributed by atoms with Gasteiger partial charge in [0, 0.05) is 6.21 Å². The second-order valence-electron chi connectivity index (χ2n) is 1.97. The van der Waals surface area contributed by atoms with Crippen LogP contribution in [0.25, 0.3) is 0 Å². The van der Waals surface area contributed by atoms with E-state index in [1.807, 2.05) is 6.92 Å². The Labute approximate surface area is 62.6 Å². The van der Waals surface area contributed by atoms with Crippen molar-refractivity contribution in [2.24, 2.45) is 5.16 Å². The van der Waals surface area contributed by atoms with Crippen LogP contribution in [0.3, 0.4) is 0 Å². The minimum atomic E-state index is 0.998. The van der Waals surface area contributed by atoms with Crippen molar-refractivity contribution in [1.29, 1.82) is 0 Å². The maximum absolute atomic E-state index is 4.50. The van der Waals surface area contributed by atoms with E-state index in [0.717, 1.165) is 19.3 Å². The van der Waals surface area contributed by atoms with Crippen molar-refractivity contribution >= 4 is 6.21 Å². The van der Waals surface area contributed by atoms with Crippen molar-refractivity contribution < 1.29 is 4.84 Å². The molecule has 0 unspecified atom stereocenters. The maximum atomic E-state index is 4.50. The van der Waals surface area contributed by atoms with E-state index < -0.39 is 0 Å². The molecule has 0 aromatic rings. The molecule has 0 N–H and O–H groups in total. The van der Waals surface area contributed by atoms with E-state index in [-0.39, 0.29) is 0 Å². The normalized spacial score (nSPS) is 11.4. The van der Waals surface area contributed by atoms with Gasteiger partial charge >= 0.3 is 0 Å². The number of oxime groups is 1. The first-order valence-electron chi connectivity index (χ1n) is 3.58. The molecule has 0 spiro atoms. The summed E-state index contributed by atoms with van der Waals surface area (Å²) in [5.74, 6) is 0. The van der Waals surface area contributed by atoms with E-state index in [9.17, 15) is 0 Å². The quantitative estimate of drug-likeness (QED) is 0.249. The number of allylic oxidation sites excluding steroid dienone is 2. The largest absolute Gasteiger partial charge is 0.399 e.